The smallest absolute Gasteiger partial charge is 0.331 e. The van der Waals surface area contributed by atoms with E-state index in [2.05, 4.69) is 0 Å². The lowest BCUT2D eigenvalue weighted by Gasteiger charge is -2.08. The fourth-order valence-electron chi connectivity index (χ4n) is 2.05. The molecule has 0 aliphatic carbocycles. The molecule has 6 nitrogen and oxygen atoms in total. The molecule has 130 valence electrons. The Hall–Kier alpha value is -2.93. The molecule has 0 fully saturated rings. The third-order valence-electron chi connectivity index (χ3n) is 3.02. The first-order valence-corrected chi connectivity index (χ1v) is 7.37. The molecule has 2 aromatic rings. The number of nitrogens with two attached hydrogens (primary N) is 2. The van der Waals surface area contributed by atoms with Crippen molar-refractivity contribution in [3.05, 3.63) is 59.7 Å². The van der Waals surface area contributed by atoms with Crippen LogP contribution >= 0.6 is 0 Å². The number of hydrogen-bond acceptors (Lipinski definition) is 6. The molecule has 2 aromatic carbocycles. The van der Waals surface area contributed by atoms with E-state index in [-0.39, 0.29) is 15.0 Å². The Bertz CT molecular complexity index is 710. The third-order valence-corrected chi connectivity index (χ3v) is 3.02. The number of carbonyl (C=O) groups is 1. The van der Waals surface area contributed by atoms with Gasteiger partial charge in [-0.1, -0.05) is 12.1 Å². The SMILES string of the molecule is CC(O)Oc1ccc(/C=C/C(=O)OCc2cc(N)cc(N)c2)cc1.[BH]. The Kier molecular flexibility index (Phi) is 7.56. The Labute approximate surface area is 148 Å². The maximum atomic E-state index is 11.7. The minimum Gasteiger partial charge on any atom is -0.465 e. The minimum atomic E-state index is -0.873. The molecule has 2 radical (unpaired) electrons. The van der Waals surface area contributed by atoms with E-state index in [0.717, 1.165) is 11.1 Å². The van der Waals surface area contributed by atoms with Crippen LogP contribution in [-0.2, 0) is 16.1 Å². The number of esters is 1. The normalized spacial score (nSPS) is 11.6. The number of aliphatic hydroxyl groups excluding tert-OH is 1. The number of nitrogen functional groups attached to an aromatic ring is 2. The number of benzene rings is 2. The van der Waals surface area contributed by atoms with Crippen molar-refractivity contribution in [1.29, 1.82) is 0 Å². The minimum absolute atomic E-state index is 0. The quantitative estimate of drug-likeness (QED) is 0.243. The summed E-state index contributed by atoms with van der Waals surface area (Å²) in [7, 11) is 0. The van der Waals surface area contributed by atoms with E-state index in [9.17, 15) is 4.79 Å². The molecule has 0 spiro atoms. The zero-order valence-corrected chi connectivity index (χ0v) is 14.0. The number of anilines is 2. The van der Waals surface area contributed by atoms with Gasteiger partial charge in [-0.3, -0.25) is 0 Å². The second-order valence-corrected chi connectivity index (χ2v) is 5.24. The van der Waals surface area contributed by atoms with E-state index in [4.69, 9.17) is 26.0 Å². The average Bonchev–Trinajstić information content (AvgIpc) is 2.51. The van der Waals surface area contributed by atoms with Gasteiger partial charge in [-0.15, -0.1) is 0 Å². The third kappa shape index (κ3) is 7.01. The van der Waals surface area contributed by atoms with Gasteiger partial charge >= 0.3 is 5.97 Å². The first-order chi connectivity index (χ1) is 11.4. The zero-order chi connectivity index (χ0) is 17.5. The molecule has 7 heteroatoms. The molecule has 2 rings (SSSR count). The molecule has 1 unspecified atom stereocenters. The van der Waals surface area contributed by atoms with Crippen LogP contribution in [0.5, 0.6) is 5.75 Å². The van der Waals surface area contributed by atoms with Crippen LogP contribution in [0.4, 0.5) is 11.4 Å². The molecule has 0 aliphatic rings. The number of hydrogen-bond donors (Lipinski definition) is 3. The molecule has 0 aromatic heterocycles. The second-order valence-electron chi connectivity index (χ2n) is 5.24. The van der Waals surface area contributed by atoms with E-state index in [1.807, 2.05) is 0 Å². The predicted octanol–water partition coefficient (Wildman–Crippen LogP) is 1.68. The van der Waals surface area contributed by atoms with Crippen molar-refractivity contribution in [2.24, 2.45) is 0 Å². The summed E-state index contributed by atoms with van der Waals surface area (Å²) in [4.78, 5) is 11.7. The van der Waals surface area contributed by atoms with Crippen LogP contribution in [-0.4, -0.2) is 25.8 Å². The van der Waals surface area contributed by atoms with Crippen LogP contribution < -0.4 is 16.2 Å². The van der Waals surface area contributed by atoms with Crippen LogP contribution in [0.25, 0.3) is 6.08 Å². The van der Waals surface area contributed by atoms with Crippen LogP contribution in [0, 0.1) is 0 Å². The molecular weight excluding hydrogens is 319 g/mol. The summed E-state index contributed by atoms with van der Waals surface area (Å²) in [6.45, 7) is 1.62. The summed E-state index contributed by atoms with van der Waals surface area (Å²) in [5.74, 6) is 0.0734. The van der Waals surface area contributed by atoms with Crippen molar-refractivity contribution < 1.29 is 19.4 Å². The van der Waals surface area contributed by atoms with Gasteiger partial charge < -0.3 is 26.0 Å². The van der Waals surface area contributed by atoms with Crippen molar-refractivity contribution in [1.82, 2.24) is 0 Å². The van der Waals surface area contributed by atoms with Gasteiger partial charge in [-0.25, -0.2) is 4.79 Å². The van der Waals surface area contributed by atoms with Crippen LogP contribution in [0.15, 0.2) is 48.5 Å². The summed E-state index contributed by atoms with van der Waals surface area (Å²) in [5, 5.41) is 9.13. The van der Waals surface area contributed by atoms with Crippen molar-refractivity contribution in [3.63, 3.8) is 0 Å². The first-order valence-electron chi connectivity index (χ1n) is 7.37. The van der Waals surface area contributed by atoms with Gasteiger partial charge in [0.05, 0.1) is 0 Å². The monoisotopic (exact) mass is 340 g/mol. The van der Waals surface area contributed by atoms with Gasteiger partial charge in [0.2, 0.25) is 0 Å². The second kappa shape index (κ2) is 9.39. The maximum absolute atomic E-state index is 11.7. The van der Waals surface area contributed by atoms with Gasteiger partial charge in [-0.05, 0) is 54.5 Å². The molecule has 5 N–H and O–H groups in total. The lowest BCUT2D eigenvalue weighted by Crippen LogP contribution is -2.09. The van der Waals surface area contributed by atoms with E-state index < -0.39 is 12.3 Å². The number of carbonyl (C=O) groups excluding carboxylic acids is 1. The Morgan fingerprint density at radius 2 is 1.76 bits per heavy atom. The molecule has 0 saturated heterocycles. The van der Waals surface area contributed by atoms with Crippen molar-refractivity contribution >= 4 is 31.8 Å². The molecule has 0 amide bonds. The van der Waals surface area contributed by atoms with E-state index in [1.54, 1.807) is 48.5 Å². The molecular formula is C18H21BN2O4. The molecule has 0 heterocycles. The highest BCUT2D eigenvalue weighted by Gasteiger charge is 2.02. The topological polar surface area (TPSA) is 108 Å². The first kappa shape index (κ1) is 20.1. The van der Waals surface area contributed by atoms with Crippen molar-refractivity contribution in [2.45, 2.75) is 19.8 Å². The lowest BCUT2D eigenvalue weighted by atomic mass is 10.2. The highest BCUT2D eigenvalue weighted by atomic mass is 16.6. The summed E-state index contributed by atoms with van der Waals surface area (Å²) in [5.41, 5.74) is 13.9. The lowest BCUT2D eigenvalue weighted by molar-refractivity contribution is -0.138. The van der Waals surface area contributed by atoms with Gasteiger partial charge in [0.15, 0.2) is 6.29 Å². The molecule has 25 heavy (non-hydrogen) atoms. The number of rotatable bonds is 6. The van der Waals surface area contributed by atoms with Crippen molar-refractivity contribution in [3.8, 4) is 5.75 Å². The summed E-state index contributed by atoms with van der Waals surface area (Å²) in [6.07, 6.45) is 2.09. The van der Waals surface area contributed by atoms with Gasteiger partial charge in [0, 0.05) is 25.9 Å². The van der Waals surface area contributed by atoms with Gasteiger partial charge in [0.25, 0.3) is 0 Å². The fourth-order valence-corrected chi connectivity index (χ4v) is 2.05. The molecule has 1 atom stereocenters. The number of ether oxygens (including phenoxy) is 2. The Morgan fingerprint density at radius 3 is 2.32 bits per heavy atom. The maximum Gasteiger partial charge on any atom is 0.331 e. The molecule has 0 saturated carbocycles. The summed E-state index contributed by atoms with van der Waals surface area (Å²) >= 11 is 0. The Balaban J connectivity index is 0.00000312. The Morgan fingerprint density at radius 1 is 1.16 bits per heavy atom. The fraction of sp³-hybridized carbons (Fsp3) is 0.167. The standard InChI is InChI=1S/C18H20N2O4.BH/c1-12(21)24-17-5-2-13(3-6-17)4-7-18(22)23-11-14-8-15(19)10-16(20)9-14;/h2-10,12,21H,11,19-20H2,1H3;1H/b7-4+;. The van der Waals surface area contributed by atoms with E-state index >= 15 is 0 Å². The van der Waals surface area contributed by atoms with Gasteiger partial charge in [0.1, 0.15) is 12.4 Å². The van der Waals surface area contributed by atoms with E-state index in [1.165, 1.54) is 13.0 Å². The zero-order valence-electron chi connectivity index (χ0n) is 14.0. The molecule has 0 aliphatic heterocycles. The van der Waals surface area contributed by atoms with Crippen LogP contribution in [0.2, 0.25) is 0 Å². The van der Waals surface area contributed by atoms with Crippen molar-refractivity contribution in [2.75, 3.05) is 11.5 Å². The largest absolute Gasteiger partial charge is 0.465 e. The van der Waals surface area contributed by atoms with Gasteiger partial charge in [-0.2, -0.15) is 0 Å². The average molecular weight is 340 g/mol. The summed E-state index contributed by atoms with van der Waals surface area (Å²) < 4.78 is 10.3. The van der Waals surface area contributed by atoms with E-state index in [0.29, 0.717) is 17.1 Å². The predicted molar refractivity (Wildman–Crippen MR) is 100.0 cm³/mol. The molecule has 0 bridgehead atoms. The highest BCUT2D eigenvalue weighted by molar-refractivity contribution is 5.87. The van der Waals surface area contributed by atoms with Crippen LogP contribution in [0.3, 0.4) is 0 Å². The van der Waals surface area contributed by atoms with Crippen LogP contribution in [0.1, 0.15) is 18.1 Å². The number of aliphatic hydroxyl groups is 1. The summed E-state index contributed by atoms with van der Waals surface area (Å²) in [6, 6.07) is 12.0. The highest BCUT2D eigenvalue weighted by Crippen LogP contribution is 2.16.